The van der Waals surface area contributed by atoms with Gasteiger partial charge in [0.2, 0.25) is 0 Å². The van der Waals surface area contributed by atoms with Crippen molar-refractivity contribution < 1.29 is 19.4 Å². The quantitative estimate of drug-likeness (QED) is 0.901. The summed E-state index contributed by atoms with van der Waals surface area (Å²) in [6.07, 6.45) is -0.596. The first-order valence-corrected chi connectivity index (χ1v) is 8.78. The summed E-state index contributed by atoms with van der Waals surface area (Å²) in [5, 5.41) is 9.08. The highest BCUT2D eigenvalue weighted by atomic mass is 32.2. The number of amides is 1. The van der Waals surface area contributed by atoms with Crippen LogP contribution in [-0.4, -0.2) is 53.6 Å². The number of ether oxygens (including phenoxy) is 1. The normalized spacial score (nSPS) is 20.8. The van der Waals surface area contributed by atoms with E-state index in [0.29, 0.717) is 5.75 Å². The molecular formula is C17H24N2O4S. The average Bonchev–Trinajstić information content (AvgIpc) is 2.90. The van der Waals surface area contributed by atoms with Gasteiger partial charge in [-0.25, -0.2) is 9.59 Å². The van der Waals surface area contributed by atoms with E-state index >= 15 is 0 Å². The number of rotatable bonds is 3. The zero-order valence-electron chi connectivity index (χ0n) is 14.6. The topological polar surface area (TPSA) is 70.1 Å². The van der Waals surface area contributed by atoms with E-state index in [-0.39, 0.29) is 5.37 Å². The fourth-order valence-corrected chi connectivity index (χ4v) is 3.84. The van der Waals surface area contributed by atoms with Crippen LogP contribution in [0.25, 0.3) is 0 Å². The summed E-state index contributed by atoms with van der Waals surface area (Å²) in [7, 11) is 3.90. The van der Waals surface area contributed by atoms with Crippen LogP contribution in [0, 0.1) is 0 Å². The van der Waals surface area contributed by atoms with Gasteiger partial charge in [-0.2, -0.15) is 0 Å². The Hall–Kier alpha value is -1.89. The molecular weight excluding hydrogens is 328 g/mol. The van der Waals surface area contributed by atoms with E-state index < -0.39 is 23.7 Å². The number of nitrogens with zero attached hydrogens (tertiary/aromatic N) is 2. The monoisotopic (exact) mass is 352 g/mol. The number of carbonyl (C=O) groups is 2. The molecule has 1 aliphatic heterocycles. The van der Waals surface area contributed by atoms with Gasteiger partial charge in [-0.15, -0.1) is 11.8 Å². The van der Waals surface area contributed by atoms with Gasteiger partial charge in [0.15, 0.2) is 0 Å². The van der Waals surface area contributed by atoms with Crippen molar-refractivity contribution >= 4 is 29.5 Å². The van der Waals surface area contributed by atoms with E-state index in [1.54, 1.807) is 20.8 Å². The van der Waals surface area contributed by atoms with E-state index in [0.717, 1.165) is 11.3 Å². The lowest BCUT2D eigenvalue weighted by Crippen LogP contribution is -2.45. The summed E-state index contributed by atoms with van der Waals surface area (Å²) < 4.78 is 5.42. The van der Waals surface area contributed by atoms with Crippen molar-refractivity contribution in [3.63, 3.8) is 0 Å². The summed E-state index contributed by atoms with van der Waals surface area (Å²) in [6.45, 7) is 5.31. The van der Waals surface area contributed by atoms with Crippen LogP contribution in [0.4, 0.5) is 10.5 Å². The van der Waals surface area contributed by atoms with Crippen LogP contribution in [0.3, 0.4) is 0 Å². The van der Waals surface area contributed by atoms with Crippen LogP contribution >= 0.6 is 11.8 Å². The predicted octanol–water partition coefficient (Wildman–Crippen LogP) is 3.19. The number of carbonyl (C=O) groups excluding carboxylic acids is 1. The second-order valence-corrected chi connectivity index (χ2v) is 8.03. The van der Waals surface area contributed by atoms with Crippen LogP contribution in [0.15, 0.2) is 24.3 Å². The van der Waals surface area contributed by atoms with Gasteiger partial charge in [0.1, 0.15) is 17.0 Å². The van der Waals surface area contributed by atoms with E-state index in [1.807, 2.05) is 43.3 Å². The SMILES string of the molecule is CN(C)c1ccc([C@@H]2SC[C@H](C(=O)O)N2C(=O)OC(C)(C)C)cc1. The minimum absolute atomic E-state index is 0.342. The molecule has 0 bridgehead atoms. The fourth-order valence-electron chi connectivity index (χ4n) is 2.43. The molecule has 24 heavy (non-hydrogen) atoms. The predicted molar refractivity (Wildman–Crippen MR) is 95.5 cm³/mol. The van der Waals surface area contributed by atoms with Crippen molar-refractivity contribution in [3.8, 4) is 0 Å². The number of benzene rings is 1. The van der Waals surface area contributed by atoms with E-state index in [4.69, 9.17) is 4.74 Å². The molecule has 0 saturated carbocycles. The zero-order valence-corrected chi connectivity index (χ0v) is 15.5. The maximum absolute atomic E-state index is 12.6. The Bertz CT molecular complexity index is 610. The summed E-state index contributed by atoms with van der Waals surface area (Å²) in [6, 6.07) is 6.88. The molecule has 7 heteroatoms. The first-order chi connectivity index (χ1) is 11.1. The summed E-state index contributed by atoms with van der Waals surface area (Å²) >= 11 is 1.44. The van der Waals surface area contributed by atoms with Crippen LogP contribution in [-0.2, 0) is 9.53 Å². The third kappa shape index (κ3) is 4.14. The number of hydrogen-bond acceptors (Lipinski definition) is 5. The third-order valence-corrected chi connectivity index (χ3v) is 4.91. The number of aliphatic carboxylic acids is 1. The standard InChI is InChI=1S/C17H24N2O4S/c1-17(2,3)23-16(22)19-13(15(20)21)10-24-14(19)11-6-8-12(9-7-11)18(4)5/h6-9,13-14H,10H2,1-5H3,(H,20,21)/t13-,14+/m1/s1. The number of thioether (sulfide) groups is 1. The lowest BCUT2D eigenvalue weighted by molar-refractivity contribution is -0.142. The van der Waals surface area contributed by atoms with Crippen molar-refractivity contribution in [1.82, 2.24) is 4.90 Å². The summed E-state index contributed by atoms with van der Waals surface area (Å²) in [5.41, 5.74) is 1.26. The highest BCUT2D eigenvalue weighted by Gasteiger charge is 2.44. The van der Waals surface area contributed by atoms with Gasteiger partial charge in [-0.05, 0) is 38.5 Å². The smallest absolute Gasteiger partial charge is 0.412 e. The highest BCUT2D eigenvalue weighted by molar-refractivity contribution is 7.99. The van der Waals surface area contributed by atoms with Crippen LogP contribution < -0.4 is 4.90 Å². The molecule has 0 unspecified atom stereocenters. The van der Waals surface area contributed by atoms with Gasteiger partial charge in [-0.1, -0.05) is 12.1 Å². The Morgan fingerprint density at radius 2 is 1.83 bits per heavy atom. The van der Waals surface area contributed by atoms with Crippen molar-refractivity contribution in [2.24, 2.45) is 0 Å². The molecule has 1 saturated heterocycles. The lowest BCUT2D eigenvalue weighted by atomic mass is 10.1. The molecule has 1 fully saturated rings. The molecule has 1 N–H and O–H groups in total. The Morgan fingerprint density at radius 1 is 1.25 bits per heavy atom. The molecule has 2 atom stereocenters. The van der Waals surface area contributed by atoms with E-state index in [1.165, 1.54) is 16.7 Å². The van der Waals surface area contributed by atoms with Gasteiger partial charge >= 0.3 is 12.1 Å². The van der Waals surface area contributed by atoms with Crippen LogP contribution in [0.1, 0.15) is 31.7 Å². The third-order valence-electron chi connectivity index (χ3n) is 3.58. The average molecular weight is 352 g/mol. The molecule has 1 aromatic carbocycles. The molecule has 0 aliphatic carbocycles. The second-order valence-electron chi connectivity index (χ2n) is 6.91. The first-order valence-electron chi connectivity index (χ1n) is 7.73. The first kappa shape index (κ1) is 18.4. The van der Waals surface area contributed by atoms with E-state index in [9.17, 15) is 14.7 Å². The zero-order chi connectivity index (χ0) is 18.1. The number of anilines is 1. The molecule has 1 aliphatic rings. The molecule has 2 rings (SSSR count). The Kier molecular flexibility index (Phi) is 5.32. The summed E-state index contributed by atoms with van der Waals surface area (Å²) in [4.78, 5) is 27.4. The van der Waals surface area contributed by atoms with Gasteiger partial charge in [0, 0.05) is 25.5 Å². The number of carboxylic acid groups (broad SMARTS) is 1. The molecule has 0 spiro atoms. The van der Waals surface area contributed by atoms with Gasteiger partial charge in [0.25, 0.3) is 0 Å². The maximum Gasteiger partial charge on any atom is 0.412 e. The van der Waals surface area contributed by atoms with Crippen molar-refractivity contribution in [1.29, 1.82) is 0 Å². The fraction of sp³-hybridized carbons (Fsp3) is 0.529. The van der Waals surface area contributed by atoms with Crippen molar-refractivity contribution in [2.75, 3.05) is 24.7 Å². The Labute approximate surface area is 146 Å². The minimum Gasteiger partial charge on any atom is -0.480 e. The number of hydrogen-bond donors (Lipinski definition) is 1. The second kappa shape index (κ2) is 6.93. The maximum atomic E-state index is 12.6. The number of carboxylic acids is 1. The minimum atomic E-state index is -1.01. The molecule has 6 nitrogen and oxygen atoms in total. The van der Waals surface area contributed by atoms with Gasteiger partial charge < -0.3 is 14.7 Å². The Morgan fingerprint density at radius 3 is 2.29 bits per heavy atom. The largest absolute Gasteiger partial charge is 0.480 e. The molecule has 0 aromatic heterocycles. The van der Waals surface area contributed by atoms with Gasteiger partial charge in [0.05, 0.1) is 0 Å². The van der Waals surface area contributed by atoms with Crippen LogP contribution in [0.5, 0.6) is 0 Å². The van der Waals surface area contributed by atoms with Crippen molar-refractivity contribution in [3.05, 3.63) is 29.8 Å². The Balaban J connectivity index is 2.29. The van der Waals surface area contributed by atoms with E-state index in [2.05, 4.69) is 0 Å². The van der Waals surface area contributed by atoms with Crippen molar-refractivity contribution in [2.45, 2.75) is 37.8 Å². The molecule has 132 valence electrons. The molecule has 1 heterocycles. The highest BCUT2D eigenvalue weighted by Crippen LogP contribution is 2.42. The molecule has 0 radical (unpaired) electrons. The lowest BCUT2D eigenvalue weighted by Gasteiger charge is -2.30. The van der Waals surface area contributed by atoms with Crippen LogP contribution in [0.2, 0.25) is 0 Å². The molecule has 1 amide bonds. The molecule has 1 aromatic rings. The van der Waals surface area contributed by atoms with Gasteiger partial charge in [-0.3, -0.25) is 4.90 Å². The summed E-state index contributed by atoms with van der Waals surface area (Å²) in [5.74, 6) is -0.671.